The van der Waals surface area contributed by atoms with Crippen LogP contribution in [0.4, 0.5) is 11.5 Å². The van der Waals surface area contributed by atoms with Crippen molar-refractivity contribution in [2.45, 2.75) is 27.2 Å². The van der Waals surface area contributed by atoms with Crippen molar-refractivity contribution in [3.8, 4) is 0 Å². The van der Waals surface area contributed by atoms with Crippen LogP contribution in [0.3, 0.4) is 0 Å². The average molecular weight is 403 g/mol. The van der Waals surface area contributed by atoms with Crippen LogP contribution in [0.2, 0.25) is 0 Å². The lowest BCUT2D eigenvalue weighted by Gasteiger charge is -2.35. The minimum Gasteiger partial charge on any atom is -0.354 e. The Morgan fingerprint density at radius 2 is 1.73 bits per heavy atom. The highest BCUT2D eigenvalue weighted by Crippen LogP contribution is 2.26. The summed E-state index contributed by atoms with van der Waals surface area (Å²) in [6.45, 7) is 11.7. The third kappa shape index (κ3) is 4.31. The van der Waals surface area contributed by atoms with E-state index < -0.39 is 0 Å². The molecule has 0 atom stereocenters. The maximum atomic E-state index is 12.6. The Morgan fingerprint density at radius 3 is 2.40 bits per heavy atom. The van der Waals surface area contributed by atoms with Gasteiger partial charge in [0.15, 0.2) is 0 Å². The van der Waals surface area contributed by atoms with E-state index >= 15 is 0 Å². The van der Waals surface area contributed by atoms with E-state index in [1.807, 2.05) is 42.5 Å². The molecule has 0 unspecified atom stereocenters. The number of hydrogen-bond donors (Lipinski definition) is 1. The third-order valence-corrected chi connectivity index (χ3v) is 6.03. The lowest BCUT2D eigenvalue weighted by molar-refractivity contribution is 0.102. The molecule has 156 valence electrons. The molecule has 0 bridgehead atoms. The zero-order valence-electron chi connectivity index (χ0n) is 18.1. The molecule has 0 spiro atoms. The van der Waals surface area contributed by atoms with E-state index in [0.717, 1.165) is 61.6 Å². The van der Waals surface area contributed by atoms with Gasteiger partial charge in [-0.1, -0.05) is 26.0 Å². The first-order valence-corrected chi connectivity index (χ1v) is 10.9. The maximum Gasteiger partial charge on any atom is 0.255 e. The summed E-state index contributed by atoms with van der Waals surface area (Å²) in [6.07, 6.45) is 0.967. The highest BCUT2D eigenvalue weighted by molar-refractivity contribution is 6.05. The van der Waals surface area contributed by atoms with Gasteiger partial charge in [-0.2, -0.15) is 0 Å². The van der Waals surface area contributed by atoms with Gasteiger partial charge in [0.1, 0.15) is 5.82 Å². The fourth-order valence-electron chi connectivity index (χ4n) is 4.00. The molecule has 1 saturated heterocycles. The molecule has 5 heteroatoms. The molecular weight excluding hydrogens is 372 g/mol. The number of carbonyl (C=O) groups is 1. The first-order valence-electron chi connectivity index (χ1n) is 10.9. The van der Waals surface area contributed by atoms with Gasteiger partial charge >= 0.3 is 0 Å². The first-order chi connectivity index (χ1) is 14.6. The SMILES string of the molecule is CCc1ccc(C(=O)Nc2ccc3nc(N4CCN(CC)CC4)cc(C)c3c2)cc1. The van der Waals surface area contributed by atoms with Gasteiger partial charge in [-0.15, -0.1) is 0 Å². The molecular formula is C25H30N4O. The number of carbonyl (C=O) groups excluding carboxylic acids is 1. The minimum atomic E-state index is -0.0898. The number of aromatic nitrogens is 1. The van der Waals surface area contributed by atoms with Gasteiger partial charge in [0.25, 0.3) is 5.91 Å². The Hall–Kier alpha value is -2.92. The maximum absolute atomic E-state index is 12.6. The summed E-state index contributed by atoms with van der Waals surface area (Å²) in [7, 11) is 0. The summed E-state index contributed by atoms with van der Waals surface area (Å²) >= 11 is 0. The predicted octanol–water partition coefficient (Wildman–Crippen LogP) is 4.50. The molecule has 2 aromatic carbocycles. The van der Waals surface area contributed by atoms with Crippen molar-refractivity contribution in [2.24, 2.45) is 0 Å². The van der Waals surface area contributed by atoms with Crippen LogP contribution in [0.1, 0.15) is 35.3 Å². The first kappa shape index (κ1) is 20.4. The van der Waals surface area contributed by atoms with Crippen LogP contribution in [0.25, 0.3) is 10.9 Å². The van der Waals surface area contributed by atoms with Gasteiger partial charge in [0.2, 0.25) is 0 Å². The van der Waals surface area contributed by atoms with Crippen LogP contribution >= 0.6 is 0 Å². The molecule has 1 fully saturated rings. The van der Waals surface area contributed by atoms with Gasteiger partial charge in [-0.05, 0) is 67.4 Å². The number of anilines is 2. The Balaban J connectivity index is 1.52. The molecule has 2 heterocycles. The Kier molecular flexibility index (Phi) is 6.00. The molecule has 1 aliphatic rings. The molecule has 1 aliphatic heterocycles. The summed E-state index contributed by atoms with van der Waals surface area (Å²) in [4.78, 5) is 22.3. The second-order valence-corrected chi connectivity index (χ2v) is 7.96. The Morgan fingerprint density at radius 1 is 1.00 bits per heavy atom. The molecule has 3 aromatic rings. The normalized spacial score (nSPS) is 14.8. The summed E-state index contributed by atoms with van der Waals surface area (Å²) in [5.41, 5.74) is 4.83. The summed E-state index contributed by atoms with van der Waals surface area (Å²) in [5, 5.41) is 4.10. The van der Waals surface area contributed by atoms with Crippen molar-refractivity contribution in [2.75, 3.05) is 42.9 Å². The van der Waals surface area contributed by atoms with E-state index in [9.17, 15) is 4.79 Å². The largest absolute Gasteiger partial charge is 0.354 e. The van der Waals surface area contributed by atoms with Crippen LogP contribution < -0.4 is 10.2 Å². The zero-order chi connectivity index (χ0) is 21.1. The van der Waals surface area contributed by atoms with Crippen molar-refractivity contribution >= 4 is 28.3 Å². The van der Waals surface area contributed by atoms with E-state index in [-0.39, 0.29) is 5.91 Å². The van der Waals surface area contributed by atoms with Crippen molar-refractivity contribution in [3.63, 3.8) is 0 Å². The molecule has 1 aromatic heterocycles. The number of amides is 1. The van der Waals surface area contributed by atoms with Crippen LogP contribution in [0.5, 0.6) is 0 Å². The number of nitrogens with zero attached hydrogens (tertiary/aromatic N) is 3. The van der Waals surface area contributed by atoms with Gasteiger partial charge in [-0.3, -0.25) is 4.79 Å². The van der Waals surface area contributed by atoms with Crippen LogP contribution in [-0.4, -0.2) is 48.5 Å². The number of hydrogen-bond acceptors (Lipinski definition) is 4. The number of pyridine rings is 1. The fourth-order valence-corrected chi connectivity index (χ4v) is 4.00. The van der Waals surface area contributed by atoms with E-state index in [1.165, 1.54) is 11.1 Å². The molecule has 0 radical (unpaired) electrons. The minimum absolute atomic E-state index is 0.0898. The van der Waals surface area contributed by atoms with Crippen molar-refractivity contribution in [1.82, 2.24) is 9.88 Å². The summed E-state index contributed by atoms with van der Waals surface area (Å²) in [5.74, 6) is 0.955. The zero-order valence-corrected chi connectivity index (χ0v) is 18.1. The fraction of sp³-hybridized carbons (Fsp3) is 0.360. The number of nitrogens with one attached hydrogen (secondary N) is 1. The molecule has 5 nitrogen and oxygen atoms in total. The topological polar surface area (TPSA) is 48.5 Å². The second-order valence-electron chi connectivity index (χ2n) is 7.96. The molecule has 1 N–H and O–H groups in total. The number of fused-ring (bicyclic) bond motifs is 1. The number of rotatable bonds is 5. The van der Waals surface area contributed by atoms with Crippen molar-refractivity contribution in [3.05, 3.63) is 65.2 Å². The Bertz CT molecular complexity index is 1040. The summed E-state index contributed by atoms with van der Waals surface area (Å²) in [6, 6.07) is 15.9. The van der Waals surface area contributed by atoms with E-state index in [0.29, 0.717) is 5.56 Å². The number of piperazine rings is 1. The smallest absolute Gasteiger partial charge is 0.255 e. The molecule has 30 heavy (non-hydrogen) atoms. The number of benzene rings is 2. The van der Waals surface area contributed by atoms with Gasteiger partial charge < -0.3 is 15.1 Å². The van der Waals surface area contributed by atoms with Crippen LogP contribution in [0.15, 0.2) is 48.5 Å². The van der Waals surface area contributed by atoms with Gasteiger partial charge in [-0.25, -0.2) is 4.98 Å². The Labute approximate surface area is 178 Å². The van der Waals surface area contributed by atoms with Crippen LogP contribution in [-0.2, 0) is 6.42 Å². The van der Waals surface area contributed by atoms with E-state index in [2.05, 4.69) is 42.0 Å². The van der Waals surface area contributed by atoms with Crippen LogP contribution in [0, 0.1) is 6.92 Å². The number of aryl methyl sites for hydroxylation is 2. The third-order valence-electron chi connectivity index (χ3n) is 6.03. The lowest BCUT2D eigenvalue weighted by atomic mass is 10.1. The quantitative estimate of drug-likeness (QED) is 0.683. The van der Waals surface area contributed by atoms with E-state index in [1.54, 1.807) is 0 Å². The number of likely N-dealkylation sites (N-methyl/N-ethyl adjacent to an activating group) is 1. The standard InChI is InChI=1S/C25H30N4O/c1-4-19-6-8-20(9-7-19)25(30)26-21-10-11-23-22(17-21)18(3)16-24(27-23)29-14-12-28(5-2)13-15-29/h6-11,16-17H,4-5,12-15H2,1-3H3,(H,26,30). The second kappa shape index (κ2) is 8.84. The van der Waals surface area contributed by atoms with Crippen molar-refractivity contribution in [1.29, 1.82) is 0 Å². The van der Waals surface area contributed by atoms with Gasteiger partial charge in [0, 0.05) is 42.8 Å². The van der Waals surface area contributed by atoms with Crippen molar-refractivity contribution < 1.29 is 4.79 Å². The summed E-state index contributed by atoms with van der Waals surface area (Å²) < 4.78 is 0. The highest BCUT2D eigenvalue weighted by Gasteiger charge is 2.18. The molecule has 1 amide bonds. The molecule has 0 aliphatic carbocycles. The molecule has 0 saturated carbocycles. The predicted molar refractivity (Wildman–Crippen MR) is 125 cm³/mol. The highest BCUT2D eigenvalue weighted by atomic mass is 16.1. The van der Waals surface area contributed by atoms with E-state index in [4.69, 9.17) is 4.98 Å². The molecule has 4 rings (SSSR count). The average Bonchev–Trinajstić information content (AvgIpc) is 2.79. The lowest BCUT2D eigenvalue weighted by Crippen LogP contribution is -2.46. The van der Waals surface area contributed by atoms with Gasteiger partial charge in [0.05, 0.1) is 5.52 Å². The monoisotopic (exact) mass is 402 g/mol.